The molecule has 1 unspecified atom stereocenters. The molecule has 4 saturated heterocycles. The van der Waals surface area contributed by atoms with Crippen molar-refractivity contribution >= 4 is 29.2 Å². The third-order valence-corrected chi connectivity index (χ3v) is 8.41. The van der Waals surface area contributed by atoms with E-state index in [4.69, 9.17) is 26.8 Å². The Bertz CT molecular complexity index is 921. The van der Waals surface area contributed by atoms with Crippen LogP contribution in [0.1, 0.15) is 60.9 Å². The molecule has 0 aliphatic carbocycles. The molecule has 8 nitrogen and oxygen atoms in total. The van der Waals surface area contributed by atoms with E-state index in [1.165, 1.54) is 0 Å². The van der Waals surface area contributed by atoms with E-state index in [0.717, 1.165) is 83.4 Å². The molecule has 4 aliphatic rings. The van der Waals surface area contributed by atoms with Gasteiger partial charge in [-0.2, -0.15) is 0 Å². The molecular weight excluding hydrogens is 480 g/mol. The summed E-state index contributed by atoms with van der Waals surface area (Å²) in [5.41, 5.74) is 7.65. The molecule has 3 N–H and O–H groups in total. The Hall–Kier alpha value is -1.87. The number of nitrogen functional groups attached to an aromatic ring is 1. The summed E-state index contributed by atoms with van der Waals surface area (Å²) in [6, 6.07) is 3.30. The number of unbranched alkanes of at least 4 members (excludes halogenated alkanes) is 2. The molecule has 36 heavy (non-hydrogen) atoms. The van der Waals surface area contributed by atoms with Gasteiger partial charge in [-0.25, -0.2) is 0 Å². The molecule has 2 bridgehead atoms. The number of amides is 1. The van der Waals surface area contributed by atoms with Crippen LogP contribution in [-0.2, 0) is 14.3 Å². The first-order valence-corrected chi connectivity index (χ1v) is 13.7. The third-order valence-electron chi connectivity index (χ3n) is 8.09. The number of benzene rings is 1. The topological polar surface area (TPSA) is 97.1 Å². The van der Waals surface area contributed by atoms with Crippen LogP contribution in [0.3, 0.4) is 0 Å². The Balaban J connectivity index is 1.14. The summed E-state index contributed by atoms with van der Waals surface area (Å²) in [5, 5.41) is 3.52. The lowest BCUT2D eigenvalue weighted by molar-refractivity contribution is -0.158. The van der Waals surface area contributed by atoms with Crippen molar-refractivity contribution in [3.05, 3.63) is 28.3 Å². The summed E-state index contributed by atoms with van der Waals surface area (Å²) in [7, 11) is 1.69. The fourth-order valence-electron chi connectivity index (χ4n) is 5.84. The molecule has 0 saturated carbocycles. The van der Waals surface area contributed by atoms with Gasteiger partial charge in [0, 0.05) is 38.7 Å². The molecule has 200 valence electrons. The van der Waals surface area contributed by atoms with Crippen LogP contribution in [0.15, 0.2) is 12.1 Å². The Kier molecular flexibility index (Phi) is 9.50. The summed E-state index contributed by atoms with van der Waals surface area (Å²) in [5.74, 6) is 0.371. The minimum absolute atomic E-state index is 0.0395. The Morgan fingerprint density at radius 1 is 1.08 bits per heavy atom. The zero-order valence-electron chi connectivity index (χ0n) is 21.6. The van der Waals surface area contributed by atoms with Crippen LogP contribution >= 0.6 is 11.6 Å². The van der Waals surface area contributed by atoms with Crippen molar-refractivity contribution in [3.8, 4) is 0 Å². The van der Waals surface area contributed by atoms with Crippen molar-refractivity contribution in [2.75, 3.05) is 52.1 Å². The molecule has 1 amide bonds. The number of esters is 1. The molecule has 4 aliphatic heterocycles. The molecule has 0 aromatic heterocycles. The molecule has 9 heteroatoms. The number of aryl methyl sites for hydroxylation is 1. The summed E-state index contributed by atoms with van der Waals surface area (Å²) >= 11 is 6.13. The van der Waals surface area contributed by atoms with Crippen LogP contribution in [0.5, 0.6) is 0 Å². The molecule has 4 fully saturated rings. The van der Waals surface area contributed by atoms with Crippen molar-refractivity contribution in [3.63, 3.8) is 0 Å². The van der Waals surface area contributed by atoms with Crippen molar-refractivity contribution in [1.29, 1.82) is 0 Å². The van der Waals surface area contributed by atoms with Gasteiger partial charge < -0.3 is 25.4 Å². The standard InChI is InChI=1S/C27H41ClN4O4/c1-18-14-22(29)21(28)15-20(18)27(34)30-23-9-13-31(17-25(23)35-2)10-5-3-4-6-26(33)36-24-16-32-11-7-19(24)8-12-32/h14-15,19,23-25H,3-13,16-17,29H2,1-2H3,(H,30,34)/t23-,24?,25-/m0/s1. The quantitative estimate of drug-likeness (QED) is 0.277. The minimum Gasteiger partial charge on any atom is -0.461 e. The average molecular weight is 521 g/mol. The van der Waals surface area contributed by atoms with Crippen molar-refractivity contribution in [1.82, 2.24) is 15.1 Å². The van der Waals surface area contributed by atoms with E-state index in [-0.39, 0.29) is 30.1 Å². The van der Waals surface area contributed by atoms with Gasteiger partial charge >= 0.3 is 5.97 Å². The van der Waals surface area contributed by atoms with Gasteiger partial charge in [-0.3, -0.25) is 14.5 Å². The molecule has 4 heterocycles. The monoisotopic (exact) mass is 520 g/mol. The zero-order valence-corrected chi connectivity index (χ0v) is 22.4. The highest BCUT2D eigenvalue weighted by molar-refractivity contribution is 6.33. The molecule has 3 atom stereocenters. The maximum absolute atomic E-state index is 12.9. The summed E-state index contributed by atoms with van der Waals surface area (Å²) < 4.78 is 11.5. The van der Waals surface area contributed by atoms with Crippen LogP contribution in [0, 0.1) is 12.8 Å². The van der Waals surface area contributed by atoms with E-state index < -0.39 is 0 Å². The van der Waals surface area contributed by atoms with Crippen molar-refractivity contribution < 1.29 is 19.1 Å². The number of methoxy groups -OCH3 is 1. The number of piperidine rings is 4. The SMILES string of the molecule is CO[C@H]1CN(CCCCCC(=O)OC2CN3CCC2CC3)CC[C@@H]1NC(=O)c1cc(Cl)c(N)cc1C. The minimum atomic E-state index is -0.153. The molecule has 0 radical (unpaired) electrons. The van der Waals surface area contributed by atoms with Gasteiger partial charge in [-0.1, -0.05) is 18.0 Å². The van der Waals surface area contributed by atoms with Gasteiger partial charge in [0.2, 0.25) is 0 Å². The number of anilines is 1. The van der Waals surface area contributed by atoms with Crippen LogP contribution in [0.4, 0.5) is 5.69 Å². The molecule has 5 rings (SSSR count). The lowest BCUT2D eigenvalue weighted by atomic mass is 9.86. The van der Waals surface area contributed by atoms with Crippen LogP contribution in [-0.4, -0.2) is 86.3 Å². The number of hydrogen-bond donors (Lipinski definition) is 2. The highest BCUT2D eigenvalue weighted by Gasteiger charge is 2.36. The number of halogens is 1. The fourth-order valence-corrected chi connectivity index (χ4v) is 6.00. The van der Waals surface area contributed by atoms with Gasteiger partial charge in [0.05, 0.1) is 22.9 Å². The largest absolute Gasteiger partial charge is 0.461 e. The number of hydrogen-bond acceptors (Lipinski definition) is 7. The van der Waals surface area contributed by atoms with E-state index in [9.17, 15) is 9.59 Å². The van der Waals surface area contributed by atoms with Gasteiger partial charge in [0.1, 0.15) is 6.10 Å². The van der Waals surface area contributed by atoms with Crippen molar-refractivity contribution in [2.45, 2.75) is 70.1 Å². The summed E-state index contributed by atoms with van der Waals surface area (Å²) in [6.45, 7) is 7.71. The van der Waals surface area contributed by atoms with Gasteiger partial charge in [-0.15, -0.1) is 0 Å². The zero-order chi connectivity index (χ0) is 25.7. The predicted molar refractivity (Wildman–Crippen MR) is 141 cm³/mol. The van der Waals surface area contributed by atoms with E-state index in [1.54, 1.807) is 19.2 Å². The fraction of sp³-hybridized carbons (Fsp3) is 0.704. The Labute approximate surface area is 219 Å². The van der Waals surface area contributed by atoms with E-state index in [2.05, 4.69) is 15.1 Å². The predicted octanol–water partition coefficient (Wildman–Crippen LogP) is 3.25. The third kappa shape index (κ3) is 6.91. The molecular formula is C27H41ClN4O4. The maximum Gasteiger partial charge on any atom is 0.306 e. The summed E-state index contributed by atoms with van der Waals surface area (Å²) in [6.07, 6.45) is 6.57. The lowest BCUT2D eigenvalue weighted by Crippen LogP contribution is -2.55. The highest BCUT2D eigenvalue weighted by atomic mass is 35.5. The highest BCUT2D eigenvalue weighted by Crippen LogP contribution is 2.30. The number of rotatable bonds is 10. The first-order valence-electron chi connectivity index (χ1n) is 13.4. The first-order chi connectivity index (χ1) is 17.3. The maximum atomic E-state index is 12.9. The number of nitrogens with zero attached hydrogens (tertiary/aromatic N) is 2. The van der Waals surface area contributed by atoms with E-state index in [0.29, 0.717) is 28.6 Å². The second-order valence-electron chi connectivity index (χ2n) is 10.6. The normalized spacial score (nSPS) is 28.1. The van der Waals surface area contributed by atoms with Crippen LogP contribution in [0.25, 0.3) is 0 Å². The smallest absolute Gasteiger partial charge is 0.306 e. The molecule has 1 aromatic carbocycles. The van der Waals surface area contributed by atoms with E-state index >= 15 is 0 Å². The van der Waals surface area contributed by atoms with Crippen LogP contribution in [0.2, 0.25) is 5.02 Å². The van der Waals surface area contributed by atoms with E-state index in [1.807, 2.05) is 6.92 Å². The Morgan fingerprint density at radius 3 is 2.56 bits per heavy atom. The lowest BCUT2D eigenvalue weighted by Gasteiger charge is -2.43. The first kappa shape index (κ1) is 27.2. The molecule has 1 aromatic rings. The molecule has 0 spiro atoms. The van der Waals surface area contributed by atoms with Gasteiger partial charge in [0.15, 0.2) is 0 Å². The number of carbonyl (C=O) groups is 2. The number of likely N-dealkylation sites (tertiary alicyclic amines) is 1. The Morgan fingerprint density at radius 2 is 1.86 bits per heavy atom. The average Bonchev–Trinajstić information content (AvgIpc) is 2.87. The number of carbonyl (C=O) groups excluding carboxylic acids is 2. The van der Waals surface area contributed by atoms with Gasteiger partial charge in [0.25, 0.3) is 5.91 Å². The van der Waals surface area contributed by atoms with Crippen LogP contribution < -0.4 is 11.1 Å². The number of ether oxygens (including phenoxy) is 2. The second-order valence-corrected chi connectivity index (χ2v) is 11.0. The number of fused-ring (bicyclic) bond motifs is 3. The number of nitrogens with one attached hydrogen (secondary N) is 1. The summed E-state index contributed by atoms with van der Waals surface area (Å²) in [4.78, 5) is 30.0. The second kappa shape index (κ2) is 12.6. The van der Waals surface area contributed by atoms with Crippen molar-refractivity contribution in [2.24, 2.45) is 5.92 Å². The number of nitrogens with two attached hydrogens (primary N) is 1. The van der Waals surface area contributed by atoms with Gasteiger partial charge in [-0.05, 0) is 82.3 Å².